The highest BCUT2D eigenvalue weighted by atomic mass is 79.9. The standard InChI is InChI=1S/C22H25FN8O.2BrH/c1-21(2)8-13(9-22(3,4)29-21)31-20-18(27-30-31)7-17(26-28-20)15-5-16(23)14(6-19(15)32)12-10-24-25-11-12;;/h5-7,10-11,13,29,32H,8-9H2,1-4H3,(H,24,25);2*1H. The van der Waals surface area contributed by atoms with E-state index in [2.05, 4.69) is 63.7 Å². The fourth-order valence-electron chi connectivity index (χ4n) is 4.96. The van der Waals surface area contributed by atoms with Crippen LogP contribution >= 0.6 is 34.0 Å². The van der Waals surface area contributed by atoms with E-state index in [1.165, 1.54) is 18.3 Å². The monoisotopic (exact) mass is 596 g/mol. The van der Waals surface area contributed by atoms with Crippen LogP contribution in [0.25, 0.3) is 33.5 Å². The molecule has 0 spiro atoms. The van der Waals surface area contributed by atoms with Crippen molar-refractivity contribution in [3.05, 3.63) is 36.4 Å². The zero-order valence-electron chi connectivity index (χ0n) is 19.2. The summed E-state index contributed by atoms with van der Waals surface area (Å²) < 4.78 is 16.6. The Bertz CT molecular complexity index is 1290. The van der Waals surface area contributed by atoms with Gasteiger partial charge in [0, 0.05) is 34.0 Å². The van der Waals surface area contributed by atoms with E-state index in [1.54, 1.807) is 12.3 Å². The number of aromatic amines is 1. The topological polar surface area (TPSA) is 117 Å². The largest absolute Gasteiger partial charge is 0.507 e. The van der Waals surface area contributed by atoms with E-state index in [4.69, 9.17) is 0 Å². The second-order valence-electron chi connectivity index (χ2n) is 9.76. The van der Waals surface area contributed by atoms with Crippen LogP contribution in [0.15, 0.2) is 30.6 Å². The van der Waals surface area contributed by atoms with Crippen LogP contribution in [0, 0.1) is 5.82 Å². The molecular weight excluding hydrogens is 571 g/mol. The first-order valence-electron chi connectivity index (χ1n) is 10.5. The van der Waals surface area contributed by atoms with Gasteiger partial charge in [-0.1, -0.05) is 5.21 Å². The molecule has 4 aromatic rings. The van der Waals surface area contributed by atoms with Crippen LogP contribution < -0.4 is 5.32 Å². The van der Waals surface area contributed by atoms with Crippen molar-refractivity contribution in [1.29, 1.82) is 0 Å². The number of piperidine rings is 1. The minimum Gasteiger partial charge on any atom is -0.507 e. The van der Waals surface area contributed by atoms with Crippen molar-refractivity contribution in [2.45, 2.75) is 57.7 Å². The number of rotatable bonds is 3. The summed E-state index contributed by atoms with van der Waals surface area (Å²) in [6.07, 6.45) is 4.80. The van der Waals surface area contributed by atoms with Crippen LogP contribution in [0.4, 0.5) is 4.39 Å². The number of aromatic nitrogens is 7. The molecule has 5 rings (SSSR count). The molecule has 3 aromatic heterocycles. The Labute approximate surface area is 217 Å². The van der Waals surface area contributed by atoms with Crippen molar-refractivity contribution in [1.82, 2.24) is 40.7 Å². The number of nitrogens with one attached hydrogen (secondary N) is 2. The SMILES string of the molecule is Br.Br.CC1(C)CC(n2nnc3cc(-c4cc(F)c(-c5cn[nH]c5)cc4O)nnc32)CC(C)(C)N1. The molecule has 1 aliphatic rings. The molecule has 1 fully saturated rings. The third-order valence-corrected chi connectivity index (χ3v) is 5.91. The molecule has 9 nitrogen and oxygen atoms in total. The summed E-state index contributed by atoms with van der Waals surface area (Å²) in [7, 11) is 0. The molecule has 4 heterocycles. The van der Waals surface area contributed by atoms with E-state index < -0.39 is 5.82 Å². The molecule has 0 amide bonds. The van der Waals surface area contributed by atoms with Crippen LogP contribution in [0.5, 0.6) is 5.75 Å². The highest BCUT2D eigenvalue weighted by Crippen LogP contribution is 2.38. The Hall–Kier alpha value is -2.44. The molecule has 1 aliphatic heterocycles. The van der Waals surface area contributed by atoms with Crippen molar-refractivity contribution in [2.24, 2.45) is 0 Å². The van der Waals surface area contributed by atoms with Crippen molar-refractivity contribution in [2.75, 3.05) is 0 Å². The van der Waals surface area contributed by atoms with Gasteiger partial charge >= 0.3 is 0 Å². The maximum absolute atomic E-state index is 14.7. The summed E-state index contributed by atoms with van der Waals surface area (Å²) in [5.74, 6) is -0.602. The number of fused-ring (bicyclic) bond motifs is 1. The number of phenolic OH excluding ortho intramolecular Hbond substituents is 1. The molecule has 182 valence electrons. The second-order valence-corrected chi connectivity index (χ2v) is 9.76. The number of benzene rings is 1. The second kappa shape index (κ2) is 9.31. The molecule has 3 N–H and O–H groups in total. The van der Waals surface area contributed by atoms with Gasteiger partial charge in [-0.2, -0.15) is 5.10 Å². The van der Waals surface area contributed by atoms with E-state index in [0.29, 0.717) is 22.4 Å². The normalized spacial score (nSPS) is 17.2. The van der Waals surface area contributed by atoms with Crippen LogP contribution in [0.3, 0.4) is 0 Å². The fraction of sp³-hybridized carbons (Fsp3) is 0.409. The number of phenols is 1. The van der Waals surface area contributed by atoms with Gasteiger partial charge in [-0.3, -0.25) is 5.10 Å². The molecule has 0 aliphatic carbocycles. The number of aromatic hydroxyl groups is 1. The predicted octanol–water partition coefficient (Wildman–Crippen LogP) is 4.76. The minimum absolute atomic E-state index is 0. The maximum Gasteiger partial charge on any atom is 0.201 e. The lowest BCUT2D eigenvalue weighted by molar-refractivity contribution is 0.127. The average Bonchev–Trinajstić information content (AvgIpc) is 3.36. The highest BCUT2D eigenvalue weighted by molar-refractivity contribution is 8.93. The van der Waals surface area contributed by atoms with E-state index in [-0.39, 0.29) is 68.0 Å². The molecule has 0 atom stereocenters. The number of nitrogens with zero attached hydrogens (tertiary/aromatic N) is 6. The minimum atomic E-state index is -0.496. The van der Waals surface area contributed by atoms with Gasteiger partial charge in [-0.25, -0.2) is 9.07 Å². The smallest absolute Gasteiger partial charge is 0.201 e. The van der Waals surface area contributed by atoms with Crippen LogP contribution in [0.1, 0.15) is 46.6 Å². The van der Waals surface area contributed by atoms with E-state index in [9.17, 15) is 9.50 Å². The molecule has 34 heavy (non-hydrogen) atoms. The van der Waals surface area contributed by atoms with Gasteiger partial charge in [-0.05, 0) is 58.7 Å². The third-order valence-electron chi connectivity index (χ3n) is 5.91. The van der Waals surface area contributed by atoms with E-state index in [1.807, 2.05) is 4.68 Å². The summed E-state index contributed by atoms with van der Waals surface area (Å²) in [5, 5.41) is 37.9. The number of hydrogen-bond donors (Lipinski definition) is 3. The third kappa shape index (κ3) is 4.84. The van der Waals surface area contributed by atoms with Crippen molar-refractivity contribution in [3.63, 3.8) is 0 Å². The van der Waals surface area contributed by atoms with Crippen LogP contribution in [-0.2, 0) is 0 Å². The summed E-state index contributed by atoms with van der Waals surface area (Å²) in [6.45, 7) is 8.70. The Balaban J connectivity index is 0.00000162. The first-order chi connectivity index (χ1) is 15.1. The fourth-order valence-corrected chi connectivity index (χ4v) is 4.96. The van der Waals surface area contributed by atoms with Gasteiger partial charge in [0.15, 0.2) is 0 Å². The van der Waals surface area contributed by atoms with E-state index in [0.717, 1.165) is 12.8 Å². The van der Waals surface area contributed by atoms with Crippen molar-refractivity contribution < 1.29 is 9.50 Å². The Morgan fingerprint density at radius 3 is 2.35 bits per heavy atom. The van der Waals surface area contributed by atoms with Crippen LogP contribution in [-0.4, -0.2) is 51.6 Å². The van der Waals surface area contributed by atoms with Gasteiger partial charge in [-0.15, -0.1) is 49.3 Å². The number of halogens is 3. The molecule has 0 bridgehead atoms. The summed E-state index contributed by atoms with van der Waals surface area (Å²) in [4.78, 5) is 0. The zero-order valence-corrected chi connectivity index (χ0v) is 22.6. The Morgan fingerprint density at radius 1 is 1.00 bits per heavy atom. The Morgan fingerprint density at radius 2 is 1.71 bits per heavy atom. The molecule has 0 unspecified atom stereocenters. The summed E-state index contributed by atoms with van der Waals surface area (Å²) >= 11 is 0. The quantitative estimate of drug-likeness (QED) is 0.312. The average molecular weight is 598 g/mol. The lowest BCUT2D eigenvalue weighted by atomic mass is 9.80. The molecule has 1 saturated heterocycles. The van der Waals surface area contributed by atoms with Gasteiger partial charge in [0.2, 0.25) is 5.65 Å². The number of H-pyrrole nitrogens is 1. The van der Waals surface area contributed by atoms with Gasteiger partial charge in [0.05, 0.1) is 17.9 Å². The summed E-state index contributed by atoms with van der Waals surface area (Å²) in [5.41, 5.74) is 2.35. The van der Waals surface area contributed by atoms with Crippen LogP contribution in [0.2, 0.25) is 0 Å². The highest BCUT2D eigenvalue weighted by Gasteiger charge is 2.39. The van der Waals surface area contributed by atoms with Gasteiger partial charge in [0.1, 0.15) is 17.1 Å². The number of hydrogen-bond acceptors (Lipinski definition) is 7. The van der Waals surface area contributed by atoms with Gasteiger partial charge in [0.25, 0.3) is 0 Å². The molecular formula is C22H27Br2FN8O. The predicted molar refractivity (Wildman–Crippen MR) is 138 cm³/mol. The lowest BCUT2D eigenvalue weighted by Crippen LogP contribution is -2.58. The molecule has 1 aromatic carbocycles. The first kappa shape index (κ1) is 26.2. The summed E-state index contributed by atoms with van der Waals surface area (Å²) in [6, 6.07) is 4.40. The maximum atomic E-state index is 14.7. The Kier molecular flexibility index (Phi) is 7.16. The molecule has 0 saturated carbocycles. The van der Waals surface area contributed by atoms with Crippen molar-refractivity contribution >= 4 is 45.1 Å². The molecule has 12 heteroatoms. The zero-order chi connectivity index (χ0) is 22.7. The molecule has 0 radical (unpaired) electrons. The lowest BCUT2D eigenvalue weighted by Gasteiger charge is -2.46. The van der Waals surface area contributed by atoms with Crippen molar-refractivity contribution in [3.8, 4) is 28.1 Å². The van der Waals surface area contributed by atoms with E-state index >= 15 is 0 Å². The first-order valence-corrected chi connectivity index (χ1v) is 10.5. The van der Waals surface area contributed by atoms with Gasteiger partial charge < -0.3 is 10.4 Å².